The van der Waals surface area contributed by atoms with E-state index in [1.807, 2.05) is 36.4 Å². The fourth-order valence-corrected chi connectivity index (χ4v) is 10.6. The highest BCUT2D eigenvalue weighted by Crippen LogP contribution is 2.73. The Balaban J connectivity index is 0.00000243. The normalized spacial score (nSPS) is 39.7. The van der Waals surface area contributed by atoms with Gasteiger partial charge in [0, 0.05) is 43.8 Å². The van der Waals surface area contributed by atoms with Crippen molar-refractivity contribution < 1.29 is 38.1 Å². The third kappa shape index (κ3) is 5.27. The molecule has 1 saturated heterocycles. The molecule has 272 valence electrons. The Bertz CT molecular complexity index is 1700. The molecule has 0 aromatic heterocycles. The zero-order valence-corrected chi connectivity index (χ0v) is 28.7. The zero-order chi connectivity index (χ0) is 34.4. The maximum atomic E-state index is 17.7. The molecule has 0 spiro atoms. The summed E-state index contributed by atoms with van der Waals surface area (Å²) in [6.07, 6.45) is -0.526. The van der Waals surface area contributed by atoms with Crippen LogP contribution in [0, 0.1) is 22.7 Å². The summed E-state index contributed by atoms with van der Waals surface area (Å²) in [7, 11) is 0. The number of nitrogens with one attached hydrogen (secondary N) is 1. The fraction of sp³-hybridized carbons (Fsp3) is 0.550. The Kier molecular flexibility index (Phi) is 9.93. The molecule has 2 aromatic carbocycles. The molecule has 4 aliphatic carbocycles. The molecule has 5 aliphatic rings. The van der Waals surface area contributed by atoms with Gasteiger partial charge < -0.3 is 25.0 Å². The van der Waals surface area contributed by atoms with E-state index in [-0.39, 0.29) is 39.7 Å². The van der Waals surface area contributed by atoms with Crippen molar-refractivity contribution in [3.05, 3.63) is 77.9 Å². The van der Waals surface area contributed by atoms with E-state index in [9.17, 15) is 19.8 Å². The summed E-state index contributed by atoms with van der Waals surface area (Å²) in [5.41, 5.74) is -4.98. The number of halogens is 2. The molecule has 7 nitrogen and oxygen atoms in total. The first-order valence-electron chi connectivity index (χ1n) is 16.7. The highest BCUT2D eigenvalue weighted by atomic mass is 32.2. The number of ketones is 2. The minimum atomic E-state index is -2.30. The van der Waals surface area contributed by atoms with Crippen molar-refractivity contribution in [3.63, 3.8) is 0 Å². The minimum Gasteiger partial charge on any atom is -0.390 e. The predicted octanol–water partition coefficient (Wildman–Crippen LogP) is 7.75. The lowest BCUT2D eigenvalue weighted by atomic mass is 9.44. The molecular formula is C40H51F2NO6S. The van der Waals surface area contributed by atoms with Crippen LogP contribution in [0.4, 0.5) is 14.5 Å². The number of alkyl halides is 2. The highest BCUT2D eigenvalue weighted by Gasteiger charge is 2.81. The second-order valence-corrected chi connectivity index (χ2v) is 16.2. The van der Waals surface area contributed by atoms with Gasteiger partial charge in [-0.25, -0.2) is 8.78 Å². The van der Waals surface area contributed by atoms with Crippen molar-refractivity contribution in [1.29, 1.82) is 0 Å². The Hall–Kier alpha value is -2.89. The number of fused-ring (bicyclic) bond motifs is 7. The Labute approximate surface area is 298 Å². The molecule has 7 rings (SSSR count). The first kappa shape index (κ1) is 38.3. The number of carbonyl (C=O) groups excluding carboxylic acids is 2. The summed E-state index contributed by atoms with van der Waals surface area (Å²) in [5, 5.41) is 25.4. The summed E-state index contributed by atoms with van der Waals surface area (Å²) in [6, 6.07) is 16.2. The number of Topliss-reactive ketones (excluding diaryl/α,β-unsaturated/α-hetero) is 1. The van der Waals surface area contributed by atoms with Gasteiger partial charge in [-0.2, -0.15) is 0 Å². The quantitative estimate of drug-likeness (QED) is 0.268. The number of carbonyl (C=O) groups is 2. The van der Waals surface area contributed by atoms with Crippen molar-refractivity contribution in [1.82, 2.24) is 0 Å². The summed E-state index contributed by atoms with van der Waals surface area (Å²) >= 11 is 1.60. The van der Waals surface area contributed by atoms with Crippen LogP contribution in [-0.2, 0) is 24.8 Å². The van der Waals surface area contributed by atoms with Crippen LogP contribution in [0.5, 0.6) is 0 Å². The monoisotopic (exact) mass is 711 g/mol. The molecule has 1 aliphatic heterocycles. The van der Waals surface area contributed by atoms with Gasteiger partial charge >= 0.3 is 0 Å². The molecule has 50 heavy (non-hydrogen) atoms. The molecule has 0 amide bonds. The maximum Gasteiger partial charge on any atom is 0.193 e. The lowest BCUT2D eigenvalue weighted by Crippen LogP contribution is -2.71. The molecule has 4 fully saturated rings. The number of aliphatic hydroxyl groups is 2. The van der Waals surface area contributed by atoms with E-state index in [1.165, 1.54) is 12.2 Å². The standard InChI is InChI=1S/C38H43F2NO6S.2CH4/c1-21(2)41-23-8-12-26(13-9-23)48-25-10-6-22(7-11-25)36(5)46-33-18-27-28-17-30(39)29-16-24(43)14-15-34(29,3)37(28,40)31(44)19-35(27,4)38(33,47-36)32(45)20-42;;/h6-16,21,27-28,30-31,33,41-42,44H,17-20H2,1-5H3;2*1H4/t27-,28-,30-,31-,33+,34-,35-,36-,37-,38+;;/m0../s1. The van der Waals surface area contributed by atoms with Crippen molar-refractivity contribution in [2.24, 2.45) is 22.7 Å². The van der Waals surface area contributed by atoms with Crippen molar-refractivity contribution in [3.8, 4) is 0 Å². The topological polar surface area (TPSA) is 105 Å². The molecule has 2 aromatic rings. The van der Waals surface area contributed by atoms with E-state index < -0.39 is 76.3 Å². The molecule has 3 N–H and O–H groups in total. The predicted molar refractivity (Wildman–Crippen MR) is 191 cm³/mol. The number of anilines is 1. The van der Waals surface area contributed by atoms with Gasteiger partial charge in [-0.1, -0.05) is 51.7 Å². The molecule has 1 heterocycles. The molecule has 0 bridgehead atoms. The smallest absolute Gasteiger partial charge is 0.193 e. The molecule has 10 atom stereocenters. The lowest BCUT2D eigenvalue weighted by Gasteiger charge is -2.63. The van der Waals surface area contributed by atoms with E-state index in [2.05, 4.69) is 31.3 Å². The van der Waals surface area contributed by atoms with Gasteiger partial charge in [0.25, 0.3) is 0 Å². The molecule has 3 saturated carbocycles. The van der Waals surface area contributed by atoms with Crippen molar-refractivity contribution in [2.75, 3.05) is 11.9 Å². The largest absolute Gasteiger partial charge is 0.390 e. The summed E-state index contributed by atoms with van der Waals surface area (Å²) < 4.78 is 47.0. The number of hydrogen-bond donors (Lipinski definition) is 3. The number of rotatable bonds is 7. The van der Waals surface area contributed by atoms with Crippen LogP contribution < -0.4 is 5.32 Å². The lowest BCUT2D eigenvalue weighted by molar-refractivity contribution is -0.256. The van der Waals surface area contributed by atoms with Crippen molar-refractivity contribution in [2.45, 2.75) is 120 Å². The van der Waals surface area contributed by atoms with Gasteiger partial charge in [0.1, 0.15) is 12.8 Å². The molecular weight excluding hydrogens is 661 g/mol. The van der Waals surface area contributed by atoms with Crippen LogP contribution in [0.25, 0.3) is 0 Å². The van der Waals surface area contributed by atoms with Gasteiger partial charge in [-0.3, -0.25) is 9.59 Å². The first-order valence-corrected chi connectivity index (χ1v) is 17.6. The van der Waals surface area contributed by atoms with Crippen LogP contribution in [0.3, 0.4) is 0 Å². The second kappa shape index (κ2) is 13.0. The van der Waals surface area contributed by atoms with Gasteiger partial charge in [0.15, 0.2) is 28.6 Å². The van der Waals surface area contributed by atoms with E-state index in [0.29, 0.717) is 11.6 Å². The first-order chi connectivity index (χ1) is 22.6. The van der Waals surface area contributed by atoms with E-state index in [0.717, 1.165) is 21.6 Å². The Morgan fingerprint density at radius 1 is 1.02 bits per heavy atom. The van der Waals surface area contributed by atoms with Crippen LogP contribution in [0.15, 0.2) is 82.1 Å². The minimum absolute atomic E-state index is 0. The van der Waals surface area contributed by atoms with Crippen molar-refractivity contribution >= 4 is 29.0 Å². The van der Waals surface area contributed by atoms with Gasteiger partial charge in [0.2, 0.25) is 0 Å². The van der Waals surface area contributed by atoms with Crippen LogP contribution >= 0.6 is 11.8 Å². The van der Waals surface area contributed by atoms with Gasteiger partial charge in [0.05, 0.1) is 12.2 Å². The highest BCUT2D eigenvalue weighted by molar-refractivity contribution is 7.99. The number of benzene rings is 2. The average molecular weight is 712 g/mol. The second-order valence-electron chi connectivity index (χ2n) is 15.0. The van der Waals surface area contributed by atoms with E-state index >= 15 is 8.78 Å². The Morgan fingerprint density at radius 3 is 2.24 bits per heavy atom. The number of allylic oxidation sites excluding steroid dienone is 4. The summed E-state index contributed by atoms with van der Waals surface area (Å²) in [5.74, 6) is -4.01. The fourth-order valence-electron chi connectivity index (χ4n) is 9.81. The molecule has 0 unspecified atom stereocenters. The maximum absolute atomic E-state index is 17.7. The van der Waals surface area contributed by atoms with Crippen LogP contribution in [-0.4, -0.2) is 64.1 Å². The van der Waals surface area contributed by atoms with E-state index in [1.54, 1.807) is 32.5 Å². The number of hydrogen-bond acceptors (Lipinski definition) is 8. The van der Waals surface area contributed by atoms with E-state index in [4.69, 9.17) is 9.47 Å². The number of aliphatic hydroxyl groups excluding tert-OH is 2. The third-order valence-corrected chi connectivity index (χ3v) is 13.0. The molecule has 0 radical (unpaired) electrons. The van der Waals surface area contributed by atoms with Crippen LogP contribution in [0.2, 0.25) is 0 Å². The Morgan fingerprint density at radius 2 is 1.64 bits per heavy atom. The summed E-state index contributed by atoms with van der Waals surface area (Å²) in [4.78, 5) is 28.1. The average Bonchev–Trinajstić information content (AvgIpc) is 3.48. The van der Waals surface area contributed by atoms with Gasteiger partial charge in [-0.15, -0.1) is 0 Å². The van der Waals surface area contributed by atoms with Crippen LogP contribution in [0.1, 0.15) is 74.3 Å². The van der Waals surface area contributed by atoms with Gasteiger partial charge in [-0.05, 0) is 107 Å². The number of ether oxygens (including phenoxy) is 2. The third-order valence-electron chi connectivity index (χ3n) is 12.0. The zero-order valence-electron chi connectivity index (χ0n) is 27.8. The summed E-state index contributed by atoms with van der Waals surface area (Å²) in [6.45, 7) is 8.41. The SMILES string of the molecule is C.C.CC(C)Nc1ccc(Sc2ccc([C@@]3(C)O[C@@H]4C[C@H]5[C@@H]6C[C@H](F)C7=CC(=O)C=C[C@]7(C)[C@@]6(F)[C@@H](O)C[C@]5(C)[C@]4(C(=O)CO)O3)cc2)cc1. The molecule has 10 heteroatoms.